The van der Waals surface area contributed by atoms with Gasteiger partial charge in [-0.1, -0.05) is 30.3 Å². The Morgan fingerprint density at radius 1 is 1.16 bits per heavy atom. The first-order chi connectivity index (χ1) is 15.5. The molecule has 0 aliphatic carbocycles. The van der Waals surface area contributed by atoms with Crippen molar-refractivity contribution >= 4 is 51.7 Å². The molecule has 2 heterocycles. The van der Waals surface area contributed by atoms with Gasteiger partial charge < -0.3 is 14.4 Å². The summed E-state index contributed by atoms with van der Waals surface area (Å²) in [6.45, 7) is 5.59. The minimum Gasteiger partial charge on any atom is -0.368 e. The van der Waals surface area contributed by atoms with Crippen LogP contribution in [0.25, 0.3) is 11.0 Å². The monoisotopic (exact) mass is 473 g/mol. The van der Waals surface area contributed by atoms with Gasteiger partial charge in [-0.05, 0) is 36.8 Å². The molecule has 1 saturated heterocycles. The van der Waals surface area contributed by atoms with Gasteiger partial charge in [0, 0.05) is 55.6 Å². The summed E-state index contributed by atoms with van der Waals surface area (Å²) < 4.78 is 2.15. The van der Waals surface area contributed by atoms with Crippen molar-refractivity contribution in [2.24, 2.45) is 0 Å². The summed E-state index contributed by atoms with van der Waals surface area (Å²) in [6.07, 6.45) is 0.972. The van der Waals surface area contributed by atoms with E-state index < -0.39 is 4.92 Å². The molecule has 32 heavy (non-hydrogen) atoms. The van der Waals surface area contributed by atoms with E-state index in [0.717, 1.165) is 34.8 Å². The lowest BCUT2D eigenvalue weighted by Crippen LogP contribution is -2.49. The molecule has 1 amide bonds. The van der Waals surface area contributed by atoms with Crippen molar-refractivity contribution in [2.75, 3.05) is 36.8 Å². The Morgan fingerprint density at radius 3 is 2.53 bits per heavy atom. The molecule has 3 aromatic rings. The van der Waals surface area contributed by atoms with Gasteiger partial charge in [0.05, 0.1) is 21.7 Å². The largest absolute Gasteiger partial charge is 0.368 e. The number of nitro benzene ring substituents is 1. The zero-order valence-electron chi connectivity index (χ0n) is 17.7. The molecule has 0 saturated carbocycles. The highest BCUT2D eigenvalue weighted by Crippen LogP contribution is 2.27. The fraction of sp³-hybridized carbons (Fsp3) is 0.364. The molecule has 0 unspecified atom stereocenters. The first kappa shape index (κ1) is 22.4. The summed E-state index contributed by atoms with van der Waals surface area (Å²) in [5, 5.41) is 12.3. The predicted octanol–water partition coefficient (Wildman–Crippen LogP) is 4.45. The first-order valence-electron chi connectivity index (χ1n) is 10.5. The number of nitrogens with zero attached hydrogens (tertiary/aromatic N) is 5. The van der Waals surface area contributed by atoms with Crippen molar-refractivity contribution < 1.29 is 9.72 Å². The van der Waals surface area contributed by atoms with Gasteiger partial charge >= 0.3 is 0 Å². The van der Waals surface area contributed by atoms with Gasteiger partial charge in [-0.15, -0.1) is 0 Å². The number of imidazole rings is 1. The molecule has 8 nitrogen and oxygen atoms in total. The third-order valence-corrected chi connectivity index (χ3v) is 6.70. The minimum absolute atomic E-state index is 0.0796. The average Bonchev–Trinajstić information content (AvgIpc) is 3.14. The maximum atomic E-state index is 12.8. The smallest absolute Gasteiger partial charge is 0.269 e. The number of amides is 1. The molecule has 0 N–H and O–H groups in total. The molecular formula is C22H24ClN5O3S. The van der Waals surface area contributed by atoms with E-state index in [1.54, 1.807) is 12.1 Å². The second-order valence-corrected chi connectivity index (χ2v) is 8.99. The van der Waals surface area contributed by atoms with Crippen LogP contribution in [0.15, 0.2) is 47.6 Å². The summed E-state index contributed by atoms with van der Waals surface area (Å²) >= 11 is 7.58. The molecule has 1 aliphatic heterocycles. The van der Waals surface area contributed by atoms with Crippen LogP contribution < -0.4 is 4.90 Å². The van der Waals surface area contributed by atoms with E-state index in [0.29, 0.717) is 37.0 Å². The van der Waals surface area contributed by atoms with Crippen molar-refractivity contribution in [2.45, 2.75) is 25.0 Å². The maximum Gasteiger partial charge on any atom is 0.269 e. The van der Waals surface area contributed by atoms with E-state index >= 15 is 0 Å². The third kappa shape index (κ3) is 4.83. The van der Waals surface area contributed by atoms with Gasteiger partial charge in [-0.25, -0.2) is 4.98 Å². The number of halogens is 1. The second kappa shape index (κ2) is 9.79. The topological polar surface area (TPSA) is 84.5 Å². The lowest BCUT2D eigenvalue weighted by molar-refractivity contribution is -0.384. The zero-order valence-corrected chi connectivity index (χ0v) is 19.3. The van der Waals surface area contributed by atoms with Crippen LogP contribution >= 0.6 is 23.4 Å². The van der Waals surface area contributed by atoms with Crippen LogP contribution in [0.1, 0.15) is 13.3 Å². The first-order valence-corrected chi connectivity index (χ1v) is 11.9. The Bertz CT molecular complexity index is 1130. The molecule has 2 aromatic carbocycles. The Hall–Kier alpha value is -2.78. The molecule has 1 fully saturated rings. The molecular weight excluding hydrogens is 450 g/mol. The maximum absolute atomic E-state index is 12.8. The summed E-state index contributed by atoms with van der Waals surface area (Å²) in [5.74, 6) is 0.421. The molecule has 0 radical (unpaired) electrons. The lowest BCUT2D eigenvalue weighted by Gasteiger charge is -2.36. The summed E-state index contributed by atoms with van der Waals surface area (Å²) in [4.78, 5) is 32.0. The van der Waals surface area contributed by atoms with Crippen LogP contribution in [-0.2, 0) is 11.3 Å². The Labute approximate surface area is 195 Å². The van der Waals surface area contributed by atoms with Crippen molar-refractivity contribution in [3.05, 3.63) is 57.6 Å². The standard InChI is InChI=1S/C22H24ClN5O3S/c1-2-9-27-20-8-3-16(23)14-19(20)24-22(27)32-15-21(29)26-12-10-25(11-13-26)17-4-6-18(7-5-17)28(30)31/h3-8,14H,2,9-13,15H2,1H3. The number of fused-ring (bicyclic) bond motifs is 1. The number of carbonyl (C=O) groups is 1. The quantitative estimate of drug-likeness (QED) is 0.286. The van der Waals surface area contributed by atoms with Gasteiger partial charge in [0.25, 0.3) is 5.69 Å². The number of piperazine rings is 1. The van der Waals surface area contributed by atoms with E-state index in [2.05, 4.69) is 16.4 Å². The molecule has 0 spiro atoms. The zero-order chi connectivity index (χ0) is 22.7. The van der Waals surface area contributed by atoms with Gasteiger partial charge in [0.15, 0.2) is 5.16 Å². The number of anilines is 1. The Balaban J connectivity index is 1.35. The number of hydrogen-bond acceptors (Lipinski definition) is 6. The van der Waals surface area contributed by atoms with E-state index in [-0.39, 0.29) is 11.6 Å². The third-order valence-electron chi connectivity index (χ3n) is 5.51. The summed E-state index contributed by atoms with van der Waals surface area (Å²) in [6, 6.07) is 12.2. The predicted molar refractivity (Wildman–Crippen MR) is 128 cm³/mol. The van der Waals surface area contributed by atoms with E-state index in [1.165, 1.54) is 23.9 Å². The van der Waals surface area contributed by atoms with E-state index in [1.807, 2.05) is 23.1 Å². The average molecular weight is 474 g/mol. The molecule has 0 atom stereocenters. The fourth-order valence-electron chi connectivity index (χ4n) is 3.85. The highest BCUT2D eigenvalue weighted by atomic mass is 35.5. The Morgan fingerprint density at radius 2 is 1.88 bits per heavy atom. The summed E-state index contributed by atoms with van der Waals surface area (Å²) in [5.41, 5.74) is 2.89. The van der Waals surface area contributed by atoms with Crippen molar-refractivity contribution in [1.29, 1.82) is 0 Å². The lowest BCUT2D eigenvalue weighted by atomic mass is 10.2. The van der Waals surface area contributed by atoms with Crippen LogP contribution in [0.3, 0.4) is 0 Å². The number of aromatic nitrogens is 2. The molecule has 4 rings (SSSR count). The molecule has 1 aliphatic rings. The molecule has 0 bridgehead atoms. The number of non-ortho nitro benzene ring substituents is 1. The number of thioether (sulfide) groups is 1. The molecule has 168 valence electrons. The number of aryl methyl sites for hydroxylation is 1. The van der Waals surface area contributed by atoms with Crippen LogP contribution in [0.5, 0.6) is 0 Å². The normalized spacial score (nSPS) is 14.2. The van der Waals surface area contributed by atoms with Gasteiger partial charge in [0.1, 0.15) is 0 Å². The van der Waals surface area contributed by atoms with Gasteiger partial charge in [-0.3, -0.25) is 14.9 Å². The van der Waals surface area contributed by atoms with Crippen LogP contribution in [0, 0.1) is 10.1 Å². The minimum atomic E-state index is -0.401. The van der Waals surface area contributed by atoms with Crippen LogP contribution in [0.4, 0.5) is 11.4 Å². The van der Waals surface area contributed by atoms with Crippen molar-refractivity contribution in [3.8, 4) is 0 Å². The summed E-state index contributed by atoms with van der Waals surface area (Å²) in [7, 11) is 0. The number of carbonyl (C=O) groups excluding carboxylic acids is 1. The van der Waals surface area contributed by atoms with Crippen LogP contribution in [0.2, 0.25) is 5.02 Å². The van der Waals surface area contributed by atoms with Gasteiger partial charge in [0.2, 0.25) is 5.91 Å². The highest BCUT2D eigenvalue weighted by Gasteiger charge is 2.22. The van der Waals surface area contributed by atoms with Gasteiger partial charge in [-0.2, -0.15) is 0 Å². The number of nitro groups is 1. The van der Waals surface area contributed by atoms with E-state index in [9.17, 15) is 14.9 Å². The fourth-order valence-corrected chi connectivity index (χ4v) is 4.96. The van der Waals surface area contributed by atoms with E-state index in [4.69, 9.17) is 16.6 Å². The van der Waals surface area contributed by atoms with Crippen LogP contribution in [-0.4, -0.2) is 57.2 Å². The number of hydrogen-bond donors (Lipinski definition) is 0. The van der Waals surface area contributed by atoms with Crippen molar-refractivity contribution in [1.82, 2.24) is 14.5 Å². The SMILES string of the molecule is CCCn1c(SCC(=O)N2CCN(c3ccc([N+](=O)[O-])cc3)CC2)nc2cc(Cl)ccc21. The van der Waals surface area contributed by atoms with Crippen molar-refractivity contribution in [3.63, 3.8) is 0 Å². The number of benzene rings is 2. The molecule has 10 heteroatoms. The second-order valence-electron chi connectivity index (χ2n) is 7.61. The highest BCUT2D eigenvalue weighted by molar-refractivity contribution is 7.99. The number of rotatable bonds is 7. The Kier molecular flexibility index (Phi) is 6.86. The molecule has 1 aromatic heterocycles.